The van der Waals surface area contributed by atoms with Gasteiger partial charge >= 0.3 is 0 Å². The molecular weight excluding hydrogens is 360 g/mol. The van der Waals surface area contributed by atoms with Gasteiger partial charge in [-0.25, -0.2) is 0 Å². The van der Waals surface area contributed by atoms with E-state index in [1.54, 1.807) is 12.1 Å². The van der Waals surface area contributed by atoms with Gasteiger partial charge in [0.05, 0.1) is 6.61 Å². The number of ether oxygens (including phenoxy) is 1. The zero-order valence-electron chi connectivity index (χ0n) is 17.4. The monoisotopic (exact) mass is 390 g/mol. The molecule has 0 fully saturated rings. The van der Waals surface area contributed by atoms with E-state index < -0.39 is 5.91 Å². The molecule has 0 aliphatic carbocycles. The highest BCUT2D eigenvalue weighted by molar-refractivity contribution is 6.09. The smallest absolute Gasteiger partial charge is 0.266 e. The Hall–Kier alpha value is -3.06. The van der Waals surface area contributed by atoms with Gasteiger partial charge in [-0.05, 0) is 54.8 Å². The molecule has 2 aromatic carbocycles. The summed E-state index contributed by atoms with van der Waals surface area (Å²) < 4.78 is 5.77. The lowest BCUT2D eigenvalue weighted by molar-refractivity contribution is -0.112. The molecule has 4 nitrogen and oxygen atoms in total. The Morgan fingerprint density at radius 2 is 1.79 bits per heavy atom. The van der Waals surface area contributed by atoms with Crippen molar-refractivity contribution in [1.29, 1.82) is 5.26 Å². The van der Waals surface area contributed by atoms with Crippen LogP contribution in [0.2, 0.25) is 0 Å². The summed E-state index contributed by atoms with van der Waals surface area (Å²) in [5.41, 5.74) is 2.57. The molecule has 0 aliphatic heterocycles. The first kappa shape index (κ1) is 22.2. The van der Waals surface area contributed by atoms with Gasteiger partial charge in [0.25, 0.3) is 5.91 Å². The molecule has 0 saturated heterocycles. The van der Waals surface area contributed by atoms with Crippen molar-refractivity contribution in [2.24, 2.45) is 0 Å². The second kappa shape index (κ2) is 12.4. The van der Waals surface area contributed by atoms with Crippen molar-refractivity contribution in [1.82, 2.24) is 0 Å². The maximum absolute atomic E-state index is 12.4. The molecule has 0 spiro atoms. The van der Waals surface area contributed by atoms with Gasteiger partial charge in [-0.3, -0.25) is 4.79 Å². The third-order valence-electron chi connectivity index (χ3n) is 4.60. The summed E-state index contributed by atoms with van der Waals surface area (Å²) in [5.74, 6) is 0.389. The number of benzene rings is 2. The Labute approximate surface area is 174 Å². The van der Waals surface area contributed by atoms with Crippen molar-refractivity contribution < 1.29 is 9.53 Å². The number of carbonyl (C=O) groups excluding carboxylic acids is 1. The Morgan fingerprint density at radius 1 is 1.07 bits per heavy atom. The third-order valence-corrected chi connectivity index (χ3v) is 4.60. The fourth-order valence-corrected chi connectivity index (χ4v) is 2.97. The second-order valence-electron chi connectivity index (χ2n) is 7.18. The maximum Gasteiger partial charge on any atom is 0.266 e. The highest BCUT2D eigenvalue weighted by Gasteiger charge is 2.09. The largest absolute Gasteiger partial charge is 0.494 e. The van der Waals surface area contributed by atoms with Gasteiger partial charge in [0, 0.05) is 5.69 Å². The molecule has 29 heavy (non-hydrogen) atoms. The molecule has 0 aliphatic rings. The van der Waals surface area contributed by atoms with E-state index in [2.05, 4.69) is 12.2 Å². The first-order valence-corrected chi connectivity index (χ1v) is 10.3. The molecule has 0 bridgehead atoms. The standard InChI is InChI=1S/C25H30N2O2/c1-3-4-5-6-7-8-16-29-24-14-12-21(13-15-24)18-22(19-26)25(28)27-23-11-9-10-20(2)17-23/h9-15,17-18H,3-8,16H2,1-2H3,(H,27,28)/b22-18+. The Bertz CT molecular complexity index is 848. The number of aryl methyl sites for hydroxylation is 1. The van der Waals surface area contributed by atoms with Crippen molar-refractivity contribution in [3.63, 3.8) is 0 Å². The fraction of sp³-hybridized carbons (Fsp3) is 0.360. The Kier molecular flexibility index (Phi) is 9.51. The topological polar surface area (TPSA) is 62.1 Å². The summed E-state index contributed by atoms with van der Waals surface area (Å²) in [6, 6.07) is 16.9. The predicted octanol–water partition coefficient (Wildman–Crippen LogP) is 6.28. The molecule has 2 aromatic rings. The SMILES string of the molecule is CCCCCCCCOc1ccc(/C=C(\C#N)C(=O)Nc2cccc(C)c2)cc1. The number of unbranched alkanes of at least 4 members (excludes halogenated alkanes) is 5. The molecule has 0 saturated carbocycles. The van der Waals surface area contributed by atoms with E-state index in [-0.39, 0.29) is 5.57 Å². The zero-order chi connectivity index (χ0) is 20.9. The summed E-state index contributed by atoms with van der Waals surface area (Å²) in [6.45, 7) is 4.88. The maximum atomic E-state index is 12.4. The van der Waals surface area contributed by atoms with Gasteiger partial charge in [0.15, 0.2) is 0 Å². The minimum Gasteiger partial charge on any atom is -0.494 e. The quantitative estimate of drug-likeness (QED) is 0.279. The molecule has 0 unspecified atom stereocenters. The molecule has 0 atom stereocenters. The summed E-state index contributed by atoms with van der Waals surface area (Å²) in [6.07, 6.45) is 8.98. The molecule has 0 radical (unpaired) electrons. The van der Waals surface area contributed by atoms with E-state index in [4.69, 9.17) is 4.74 Å². The average molecular weight is 391 g/mol. The van der Waals surface area contributed by atoms with Gasteiger partial charge in [-0.2, -0.15) is 5.26 Å². The van der Waals surface area contributed by atoms with E-state index in [0.717, 1.165) is 23.3 Å². The van der Waals surface area contributed by atoms with Crippen molar-refractivity contribution in [2.75, 3.05) is 11.9 Å². The Balaban J connectivity index is 1.86. The van der Waals surface area contributed by atoms with E-state index in [0.29, 0.717) is 12.3 Å². The highest BCUT2D eigenvalue weighted by atomic mass is 16.5. The molecule has 0 heterocycles. The van der Waals surface area contributed by atoms with Crippen molar-refractivity contribution in [3.8, 4) is 11.8 Å². The molecule has 152 valence electrons. The van der Waals surface area contributed by atoms with Gasteiger partial charge in [-0.1, -0.05) is 63.3 Å². The first-order valence-electron chi connectivity index (χ1n) is 10.3. The molecule has 4 heteroatoms. The number of anilines is 1. The normalized spacial score (nSPS) is 11.0. The van der Waals surface area contributed by atoms with Crippen LogP contribution in [-0.2, 0) is 4.79 Å². The van der Waals surface area contributed by atoms with Crippen molar-refractivity contribution in [2.45, 2.75) is 52.4 Å². The lowest BCUT2D eigenvalue weighted by atomic mass is 10.1. The third kappa shape index (κ3) is 8.23. The van der Waals surface area contributed by atoms with Crippen LogP contribution in [-0.4, -0.2) is 12.5 Å². The van der Waals surface area contributed by atoms with E-state index >= 15 is 0 Å². The van der Waals surface area contributed by atoms with Crippen LogP contribution in [0.15, 0.2) is 54.1 Å². The highest BCUT2D eigenvalue weighted by Crippen LogP contribution is 2.17. The van der Waals surface area contributed by atoms with Crippen molar-refractivity contribution >= 4 is 17.7 Å². The first-order chi connectivity index (χ1) is 14.1. The summed E-state index contributed by atoms with van der Waals surface area (Å²) in [5, 5.41) is 12.1. The Morgan fingerprint density at radius 3 is 2.48 bits per heavy atom. The molecule has 1 amide bonds. The van der Waals surface area contributed by atoms with Crippen molar-refractivity contribution in [3.05, 3.63) is 65.2 Å². The number of rotatable bonds is 11. The molecule has 1 N–H and O–H groups in total. The minimum atomic E-state index is -0.415. The summed E-state index contributed by atoms with van der Waals surface area (Å²) in [4.78, 5) is 12.4. The van der Waals surface area contributed by atoms with Gasteiger partial charge < -0.3 is 10.1 Å². The van der Waals surface area contributed by atoms with E-state index in [9.17, 15) is 10.1 Å². The van der Waals surface area contributed by atoms with Crippen LogP contribution >= 0.6 is 0 Å². The van der Waals surface area contributed by atoms with Crippen LogP contribution in [0.4, 0.5) is 5.69 Å². The molecular formula is C25H30N2O2. The lowest BCUT2D eigenvalue weighted by Crippen LogP contribution is -2.13. The number of carbonyl (C=O) groups is 1. The number of hydrogen-bond donors (Lipinski definition) is 1. The van der Waals surface area contributed by atoms with Crippen LogP contribution in [0.5, 0.6) is 5.75 Å². The van der Waals surface area contributed by atoms with E-state index in [1.165, 1.54) is 32.1 Å². The lowest BCUT2D eigenvalue weighted by Gasteiger charge is -2.07. The number of nitriles is 1. The number of nitrogens with zero attached hydrogens (tertiary/aromatic N) is 1. The molecule has 0 aromatic heterocycles. The predicted molar refractivity (Wildman–Crippen MR) is 119 cm³/mol. The van der Waals surface area contributed by atoms with Crippen LogP contribution in [0.1, 0.15) is 56.6 Å². The second-order valence-corrected chi connectivity index (χ2v) is 7.18. The van der Waals surface area contributed by atoms with Crippen LogP contribution in [0.25, 0.3) is 6.08 Å². The summed E-state index contributed by atoms with van der Waals surface area (Å²) in [7, 11) is 0. The van der Waals surface area contributed by atoms with E-state index in [1.807, 2.05) is 55.5 Å². The number of nitrogens with one attached hydrogen (secondary N) is 1. The average Bonchev–Trinajstić information content (AvgIpc) is 2.72. The minimum absolute atomic E-state index is 0.0623. The number of hydrogen-bond acceptors (Lipinski definition) is 3. The molecule has 2 rings (SSSR count). The zero-order valence-corrected chi connectivity index (χ0v) is 17.4. The summed E-state index contributed by atoms with van der Waals surface area (Å²) >= 11 is 0. The fourth-order valence-electron chi connectivity index (χ4n) is 2.97. The van der Waals surface area contributed by atoms with Crippen LogP contribution in [0.3, 0.4) is 0 Å². The number of amides is 1. The van der Waals surface area contributed by atoms with Gasteiger partial charge in [0.1, 0.15) is 17.4 Å². The van der Waals surface area contributed by atoms with Crippen LogP contribution < -0.4 is 10.1 Å². The van der Waals surface area contributed by atoms with Crippen LogP contribution in [0, 0.1) is 18.3 Å². The van der Waals surface area contributed by atoms with Gasteiger partial charge in [-0.15, -0.1) is 0 Å². The van der Waals surface area contributed by atoms with Gasteiger partial charge in [0.2, 0.25) is 0 Å².